The first-order valence-corrected chi connectivity index (χ1v) is 5.67. The van der Waals surface area contributed by atoms with Crippen LogP contribution in [0, 0.1) is 13.8 Å². The lowest BCUT2D eigenvalue weighted by molar-refractivity contribution is 0.466. The summed E-state index contributed by atoms with van der Waals surface area (Å²) in [6.07, 6.45) is 1.59. The summed E-state index contributed by atoms with van der Waals surface area (Å²) in [5.41, 5.74) is 6.28. The smallest absolute Gasteiger partial charge is 0.251 e. The molecule has 0 aliphatic heterocycles. The van der Waals surface area contributed by atoms with Gasteiger partial charge in [0, 0.05) is 0 Å². The van der Waals surface area contributed by atoms with E-state index in [-0.39, 0.29) is 0 Å². The summed E-state index contributed by atoms with van der Waals surface area (Å²) in [5, 5.41) is 15.4. The fourth-order valence-corrected chi connectivity index (χ4v) is 1.80. The van der Waals surface area contributed by atoms with Gasteiger partial charge in [-0.3, -0.25) is 0 Å². The maximum absolute atomic E-state index is 5.57. The molecule has 98 valence electrons. The van der Waals surface area contributed by atoms with Crippen LogP contribution in [-0.2, 0) is 6.54 Å². The molecule has 0 aliphatic carbocycles. The number of nitrogen functional groups attached to an aromatic ring is 1. The fraction of sp³-hybridized carbons (Fsp3) is 0.273. The molecule has 0 saturated heterocycles. The van der Waals surface area contributed by atoms with E-state index in [0.717, 1.165) is 17.1 Å². The molecule has 3 heterocycles. The van der Waals surface area contributed by atoms with Gasteiger partial charge in [-0.05, 0) is 19.9 Å². The van der Waals surface area contributed by atoms with Crippen LogP contribution < -0.4 is 5.73 Å². The van der Waals surface area contributed by atoms with Crippen molar-refractivity contribution in [3.8, 4) is 11.5 Å². The van der Waals surface area contributed by atoms with Gasteiger partial charge in [0.05, 0.1) is 11.8 Å². The van der Waals surface area contributed by atoms with E-state index < -0.39 is 0 Å². The van der Waals surface area contributed by atoms with Crippen molar-refractivity contribution in [2.24, 2.45) is 0 Å². The molecule has 3 aromatic heterocycles. The van der Waals surface area contributed by atoms with E-state index in [2.05, 4.69) is 20.5 Å². The highest BCUT2D eigenvalue weighted by Crippen LogP contribution is 2.25. The Labute approximate surface area is 108 Å². The van der Waals surface area contributed by atoms with Gasteiger partial charge in [-0.1, -0.05) is 5.21 Å². The Morgan fingerprint density at radius 2 is 2.05 bits per heavy atom. The molecule has 0 atom stereocenters. The second kappa shape index (κ2) is 4.23. The first-order valence-electron chi connectivity index (χ1n) is 5.67. The number of aromatic nitrogens is 5. The van der Waals surface area contributed by atoms with E-state index in [1.807, 2.05) is 19.9 Å². The van der Waals surface area contributed by atoms with Gasteiger partial charge in [-0.25, -0.2) is 4.68 Å². The van der Waals surface area contributed by atoms with Crippen molar-refractivity contribution >= 4 is 5.82 Å². The molecule has 3 rings (SSSR count). The lowest BCUT2D eigenvalue weighted by atomic mass is 10.2. The Bertz CT molecular complexity index is 710. The number of rotatable bonds is 3. The summed E-state index contributed by atoms with van der Waals surface area (Å²) in [6.45, 7) is 4.05. The minimum Gasteiger partial charge on any atom is -0.466 e. The number of aryl methyl sites for hydroxylation is 2. The number of anilines is 1. The van der Waals surface area contributed by atoms with Crippen molar-refractivity contribution in [3.63, 3.8) is 0 Å². The van der Waals surface area contributed by atoms with Crippen molar-refractivity contribution in [1.29, 1.82) is 0 Å². The molecule has 3 aromatic rings. The van der Waals surface area contributed by atoms with Crippen molar-refractivity contribution in [2.75, 3.05) is 5.73 Å². The van der Waals surface area contributed by atoms with E-state index in [1.54, 1.807) is 6.20 Å². The third kappa shape index (κ3) is 2.19. The van der Waals surface area contributed by atoms with Crippen molar-refractivity contribution < 1.29 is 8.83 Å². The Morgan fingerprint density at radius 3 is 2.68 bits per heavy atom. The molecule has 0 fully saturated rings. The molecular formula is C11H12N6O2. The maximum Gasteiger partial charge on any atom is 0.251 e. The van der Waals surface area contributed by atoms with Gasteiger partial charge in [0.15, 0.2) is 5.82 Å². The Balaban J connectivity index is 1.85. The molecule has 0 bridgehead atoms. The van der Waals surface area contributed by atoms with Crippen LogP contribution in [0.4, 0.5) is 5.82 Å². The number of hydrogen-bond donors (Lipinski definition) is 1. The van der Waals surface area contributed by atoms with Crippen molar-refractivity contribution in [1.82, 2.24) is 25.2 Å². The lowest BCUT2D eigenvalue weighted by Gasteiger charge is -1.93. The molecular weight excluding hydrogens is 248 g/mol. The molecule has 0 amide bonds. The minimum absolute atomic E-state index is 0.326. The van der Waals surface area contributed by atoms with E-state index in [1.165, 1.54) is 4.68 Å². The highest BCUT2D eigenvalue weighted by Gasteiger charge is 2.15. The summed E-state index contributed by atoms with van der Waals surface area (Å²) >= 11 is 0. The van der Waals surface area contributed by atoms with Crippen molar-refractivity contribution in [3.05, 3.63) is 29.7 Å². The normalized spacial score (nSPS) is 11.1. The molecule has 0 aliphatic rings. The van der Waals surface area contributed by atoms with Crippen LogP contribution in [0.2, 0.25) is 0 Å². The predicted octanol–water partition coefficient (Wildman–Crippen LogP) is 1.17. The summed E-state index contributed by atoms with van der Waals surface area (Å²) < 4.78 is 12.5. The van der Waals surface area contributed by atoms with Gasteiger partial charge in [-0.15, -0.1) is 15.3 Å². The SMILES string of the molecule is Cc1cc(-c2nnc(Cn3cc(N)nn3)o2)c(C)o1. The molecule has 0 spiro atoms. The van der Waals surface area contributed by atoms with E-state index in [0.29, 0.717) is 24.1 Å². The molecule has 0 radical (unpaired) electrons. The predicted molar refractivity (Wildman–Crippen MR) is 65.0 cm³/mol. The van der Waals surface area contributed by atoms with Gasteiger partial charge in [0.2, 0.25) is 5.89 Å². The average Bonchev–Trinajstić information content (AvgIpc) is 3.02. The van der Waals surface area contributed by atoms with E-state index >= 15 is 0 Å². The first-order chi connectivity index (χ1) is 9.11. The number of furan rings is 1. The molecule has 8 heteroatoms. The lowest BCUT2D eigenvalue weighted by Crippen LogP contribution is -2.00. The van der Waals surface area contributed by atoms with Crippen LogP contribution in [0.5, 0.6) is 0 Å². The van der Waals surface area contributed by atoms with Crippen LogP contribution in [0.3, 0.4) is 0 Å². The highest BCUT2D eigenvalue weighted by atomic mass is 16.4. The van der Waals surface area contributed by atoms with Gasteiger partial charge in [0.25, 0.3) is 5.89 Å². The topological polar surface area (TPSA) is 109 Å². The van der Waals surface area contributed by atoms with Crippen LogP contribution in [0.15, 0.2) is 21.1 Å². The molecule has 8 nitrogen and oxygen atoms in total. The van der Waals surface area contributed by atoms with Crippen LogP contribution >= 0.6 is 0 Å². The highest BCUT2D eigenvalue weighted by molar-refractivity contribution is 5.55. The van der Waals surface area contributed by atoms with Gasteiger partial charge >= 0.3 is 0 Å². The Kier molecular flexibility index (Phi) is 2.55. The van der Waals surface area contributed by atoms with E-state index in [4.69, 9.17) is 14.6 Å². The van der Waals surface area contributed by atoms with Gasteiger partial charge in [0.1, 0.15) is 18.1 Å². The zero-order valence-corrected chi connectivity index (χ0v) is 10.5. The quantitative estimate of drug-likeness (QED) is 0.752. The zero-order valence-electron chi connectivity index (χ0n) is 10.5. The minimum atomic E-state index is 0.326. The van der Waals surface area contributed by atoms with Crippen LogP contribution in [0.25, 0.3) is 11.5 Å². The Morgan fingerprint density at radius 1 is 1.21 bits per heavy atom. The van der Waals surface area contributed by atoms with Gasteiger partial charge < -0.3 is 14.6 Å². The zero-order chi connectivity index (χ0) is 13.4. The monoisotopic (exact) mass is 260 g/mol. The molecule has 0 aromatic carbocycles. The third-order valence-corrected chi connectivity index (χ3v) is 2.59. The summed E-state index contributed by atoms with van der Waals surface area (Å²) in [7, 11) is 0. The maximum atomic E-state index is 5.57. The summed E-state index contributed by atoms with van der Waals surface area (Å²) in [4.78, 5) is 0. The molecule has 0 unspecified atom stereocenters. The molecule has 19 heavy (non-hydrogen) atoms. The number of hydrogen-bond acceptors (Lipinski definition) is 7. The summed E-state index contributed by atoms with van der Waals surface area (Å²) in [6, 6.07) is 1.86. The number of nitrogens with zero attached hydrogens (tertiary/aromatic N) is 5. The third-order valence-electron chi connectivity index (χ3n) is 2.59. The Hall–Kier alpha value is -2.64. The fourth-order valence-electron chi connectivity index (χ4n) is 1.80. The van der Waals surface area contributed by atoms with Gasteiger partial charge in [-0.2, -0.15) is 0 Å². The summed E-state index contributed by atoms with van der Waals surface area (Å²) in [5.74, 6) is 2.76. The van der Waals surface area contributed by atoms with Crippen molar-refractivity contribution in [2.45, 2.75) is 20.4 Å². The first kappa shape index (κ1) is 11.5. The van der Waals surface area contributed by atoms with E-state index in [9.17, 15) is 0 Å². The molecule has 2 N–H and O–H groups in total. The molecule has 0 saturated carbocycles. The van der Waals surface area contributed by atoms with Crippen LogP contribution in [0.1, 0.15) is 17.4 Å². The largest absolute Gasteiger partial charge is 0.466 e. The van der Waals surface area contributed by atoms with Crippen LogP contribution in [-0.4, -0.2) is 25.2 Å². The average molecular weight is 260 g/mol. The number of nitrogens with two attached hydrogens (primary N) is 1. The second-order valence-electron chi connectivity index (χ2n) is 4.17. The standard InChI is InChI=1S/C11H12N6O2/c1-6-3-8(7(2)18-6)11-15-14-10(19-11)5-17-4-9(12)13-16-17/h3-4H,5,12H2,1-2H3. The second-order valence-corrected chi connectivity index (χ2v) is 4.17.